The van der Waals surface area contributed by atoms with Gasteiger partial charge in [-0.3, -0.25) is 0 Å². The molecule has 0 aliphatic rings. The van der Waals surface area contributed by atoms with Crippen LogP contribution in [0.3, 0.4) is 0 Å². The van der Waals surface area contributed by atoms with Gasteiger partial charge in [-0.2, -0.15) is 8.78 Å². The molecule has 6 heteroatoms. The fourth-order valence-corrected chi connectivity index (χ4v) is 2.67. The number of anilines is 1. The lowest BCUT2D eigenvalue weighted by molar-refractivity contribution is 0.252. The molecule has 0 fully saturated rings. The molecule has 1 nitrogen and oxygen atoms in total. The molecule has 0 aromatic heterocycles. The monoisotopic (exact) mass is 331 g/mol. The van der Waals surface area contributed by atoms with Gasteiger partial charge in [-0.1, -0.05) is 41.6 Å². The molecule has 0 bridgehead atoms. The molecule has 0 aliphatic carbocycles. The molecule has 0 heterocycles. The summed E-state index contributed by atoms with van der Waals surface area (Å²) >= 11 is 6.24. The normalized spacial score (nSPS) is 12.5. The maximum absolute atomic E-state index is 13.2. The topological polar surface area (TPSA) is 12.0 Å². The molecule has 0 spiro atoms. The van der Waals surface area contributed by atoms with Crippen LogP contribution in [-0.4, -0.2) is 5.76 Å². The van der Waals surface area contributed by atoms with Gasteiger partial charge in [0.1, 0.15) is 5.82 Å². The van der Waals surface area contributed by atoms with Crippen LogP contribution in [0.4, 0.5) is 18.9 Å². The first-order chi connectivity index (χ1) is 9.97. The molecule has 0 saturated heterocycles. The number of para-hydroxylation sites is 1. The van der Waals surface area contributed by atoms with Crippen molar-refractivity contribution >= 4 is 29.1 Å². The van der Waals surface area contributed by atoms with Crippen LogP contribution in [0.5, 0.6) is 0 Å². The first-order valence-electron chi connectivity index (χ1n) is 6.22. The Hall–Kier alpha value is -1.33. The Morgan fingerprint density at radius 2 is 1.86 bits per heavy atom. The second-order valence-electron chi connectivity index (χ2n) is 4.41. The van der Waals surface area contributed by atoms with E-state index in [4.69, 9.17) is 11.6 Å². The molecular weight excluding hydrogens is 319 g/mol. The van der Waals surface area contributed by atoms with E-state index in [9.17, 15) is 13.2 Å². The lowest BCUT2D eigenvalue weighted by Gasteiger charge is -2.18. The van der Waals surface area contributed by atoms with E-state index in [1.807, 2.05) is 6.92 Å². The van der Waals surface area contributed by atoms with Gasteiger partial charge in [0, 0.05) is 16.6 Å². The maximum Gasteiger partial charge on any atom is 0.288 e. The SMILES string of the molecule is CC(Nc1ccccc1SC(F)F)c1ccc(F)c(Cl)c1. The molecule has 0 saturated carbocycles. The van der Waals surface area contributed by atoms with Crippen molar-refractivity contribution in [1.29, 1.82) is 0 Å². The van der Waals surface area contributed by atoms with E-state index >= 15 is 0 Å². The van der Waals surface area contributed by atoms with Gasteiger partial charge in [-0.05, 0) is 36.8 Å². The summed E-state index contributed by atoms with van der Waals surface area (Å²) in [7, 11) is 0. The van der Waals surface area contributed by atoms with E-state index in [2.05, 4.69) is 5.32 Å². The highest BCUT2D eigenvalue weighted by atomic mass is 35.5. The molecule has 0 amide bonds. The number of hydrogen-bond acceptors (Lipinski definition) is 2. The average molecular weight is 332 g/mol. The summed E-state index contributed by atoms with van der Waals surface area (Å²) in [5, 5.41) is 3.18. The van der Waals surface area contributed by atoms with Crippen molar-refractivity contribution < 1.29 is 13.2 Å². The predicted octanol–water partition coefficient (Wildman–Crippen LogP) is 5.97. The van der Waals surface area contributed by atoms with Crippen molar-refractivity contribution in [2.45, 2.75) is 23.6 Å². The fourth-order valence-electron chi connectivity index (χ4n) is 1.88. The van der Waals surface area contributed by atoms with E-state index in [1.54, 1.807) is 30.3 Å². The molecule has 2 aromatic carbocycles. The molecule has 0 radical (unpaired) electrons. The summed E-state index contributed by atoms with van der Waals surface area (Å²) in [6, 6.07) is 11.1. The maximum atomic E-state index is 13.2. The van der Waals surface area contributed by atoms with Crippen LogP contribution >= 0.6 is 23.4 Å². The van der Waals surface area contributed by atoms with Crippen LogP contribution in [0.15, 0.2) is 47.4 Å². The number of thioether (sulfide) groups is 1. The lowest BCUT2D eigenvalue weighted by atomic mass is 10.1. The Morgan fingerprint density at radius 3 is 2.52 bits per heavy atom. The Morgan fingerprint density at radius 1 is 1.14 bits per heavy atom. The van der Waals surface area contributed by atoms with Crippen molar-refractivity contribution in [3.63, 3.8) is 0 Å². The molecule has 1 unspecified atom stereocenters. The summed E-state index contributed by atoms with van der Waals surface area (Å²) in [5.41, 5.74) is 1.38. The first kappa shape index (κ1) is 16.0. The van der Waals surface area contributed by atoms with Gasteiger partial charge >= 0.3 is 0 Å². The van der Waals surface area contributed by atoms with Gasteiger partial charge < -0.3 is 5.32 Å². The van der Waals surface area contributed by atoms with Crippen LogP contribution in [-0.2, 0) is 0 Å². The number of rotatable bonds is 5. The number of alkyl halides is 2. The second kappa shape index (κ2) is 7.09. The average Bonchev–Trinajstić information content (AvgIpc) is 2.43. The highest BCUT2D eigenvalue weighted by Gasteiger charge is 2.13. The van der Waals surface area contributed by atoms with Crippen molar-refractivity contribution in [3.8, 4) is 0 Å². The molecule has 2 aromatic rings. The highest BCUT2D eigenvalue weighted by Crippen LogP contribution is 2.33. The fraction of sp³-hybridized carbons (Fsp3) is 0.200. The Balaban J connectivity index is 2.19. The molecule has 1 N–H and O–H groups in total. The van der Waals surface area contributed by atoms with Gasteiger partial charge in [-0.25, -0.2) is 4.39 Å². The van der Waals surface area contributed by atoms with Crippen molar-refractivity contribution in [2.24, 2.45) is 0 Å². The van der Waals surface area contributed by atoms with Crippen molar-refractivity contribution in [2.75, 3.05) is 5.32 Å². The molecular formula is C15H13ClF3NS. The van der Waals surface area contributed by atoms with E-state index in [1.165, 1.54) is 12.1 Å². The zero-order chi connectivity index (χ0) is 15.4. The quantitative estimate of drug-likeness (QED) is 0.678. The number of hydrogen-bond donors (Lipinski definition) is 1. The van der Waals surface area contributed by atoms with Crippen LogP contribution in [0.1, 0.15) is 18.5 Å². The molecule has 1 atom stereocenters. The minimum atomic E-state index is -2.48. The summed E-state index contributed by atoms with van der Waals surface area (Å²) in [4.78, 5) is 0.465. The summed E-state index contributed by atoms with van der Waals surface area (Å²) in [6.07, 6.45) is 0. The minimum absolute atomic E-state index is 0.0383. The van der Waals surface area contributed by atoms with Gasteiger partial charge in [0.15, 0.2) is 0 Å². The Labute approximate surface area is 130 Å². The third-order valence-electron chi connectivity index (χ3n) is 2.92. The van der Waals surface area contributed by atoms with E-state index < -0.39 is 11.6 Å². The number of nitrogens with one attached hydrogen (secondary N) is 1. The standard InChI is InChI=1S/C15H13ClF3NS/c1-9(10-6-7-12(17)11(16)8-10)20-13-4-2-3-5-14(13)21-15(18)19/h2-9,15,20H,1H3. The summed E-state index contributed by atoms with van der Waals surface area (Å²) in [5.74, 6) is -2.97. The van der Waals surface area contributed by atoms with Crippen LogP contribution in [0.2, 0.25) is 5.02 Å². The largest absolute Gasteiger partial charge is 0.378 e. The molecule has 21 heavy (non-hydrogen) atoms. The van der Waals surface area contributed by atoms with Gasteiger partial charge in [0.2, 0.25) is 0 Å². The molecule has 2 rings (SSSR count). The highest BCUT2D eigenvalue weighted by molar-refractivity contribution is 7.99. The van der Waals surface area contributed by atoms with Crippen molar-refractivity contribution in [3.05, 3.63) is 58.9 Å². The van der Waals surface area contributed by atoms with E-state index in [-0.39, 0.29) is 11.1 Å². The third-order valence-corrected chi connectivity index (χ3v) is 4.00. The van der Waals surface area contributed by atoms with Gasteiger partial charge in [-0.15, -0.1) is 0 Å². The molecule has 112 valence electrons. The third kappa shape index (κ3) is 4.32. The zero-order valence-corrected chi connectivity index (χ0v) is 12.7. The summed E-state index contributed by atoms with van der Waals surface area (Å²) in [6.45, 7) is 1.85. The minimum Gasteiger partial charge on any atom is -0.378 e. The van der Waals surface area contributed by atoms with Crippen molar-refractivity contribution in [1.82, 2.24) is 0 Å². The number of halogens is 4. The predicted molar refractivity (Wildman–Crippen MR) is 81.8 cm³/mol. The Kier molecular flexibility index (Phi) is 5.42. The van der Waals surface area contributed by atoms with Gasteiger partial charge in [0.25, 0.3) is 5.76 Å². The van der Waals surface area contributed by atoms with E-state index in [0.29, 0.717) is 22.3 Å². The second-order valence-corrected chi connectivity index (χ2v) is 5.85. The van der Waals surface area contributed by atoms with Crippen LogP contribution < -0.4 is 5.32 Å². The van der Waals surface area contributed by atoms with Gasteiger partial charge in [0.05, 0.1) is 5.02 Å². The smallest absolute Gasteiger partial charge is 0.288 e. The Bertz CT molecular complexity index is 622. The summed E-state index contributed by atoms with van der Waals surface area (Å²) < 4.78 is 38.2. The van der Waals surface area contributed by atoms with E-state index in [0.717, 1.165) is 5.56 Å². The lowest BCUT2D eigenvalue weighted by Crippen LogP contribution is -2.07. The first-order valence-corrected chi connectivity index (χ1v) is 7.48. The van der Waals surface area contributed by atoms with Crippen LogP contribution in [0, 0.1) is 5.82 Å². The van der Waals surface area contributed by atoms with Crippen LogP contribution in [0.25, 0.3) is 0 Å². The zero-order valence-electron chi connectivity index (χ0n) is 11.1. The number of benzene rings is 2. The molecule has 0 aliphatic heterocycles.